The molecular weight excluding hydrogens is 448 g/mol. The van der Waals surface area contributed by atoms with Crippen LogP contribution in [0.4, 0.5) is 0 Å². The molecular formula is C30H50N4O2. The van der Waals surface area contributed by atoms with Crippen LogP contribution in [0.1, 0.15) is 89.9 Å². The largest absolute Gasteiger partial charge is 0.367 e. The lowest BCUT2D eigenvalue weighted by molar-refractivity contribution is -0.133. The smallest absolute Gasteiger partial charge is 0.251 e. The number of nitriles is 1. The predicted octanol–water partition coefficient (Wildman–Crippen LogP) is 4.50. The van der Waals surface area contributed by atoms with E-state index in [0.717, 1.165) is 49.5 Å². The van der Waals surface area contributed by atoms with Gasteiger partial charge in [0.05, 0.1) is 6.07 Å². The van der Waals surface area contributed by atoms with Crippen LogP contribution in [-0.2, 0) is 9.53 Å². The van der Waals surface area contributed by atoms with Gasteiger partial charge < -0.3 is 20.3 Å². The van der Waals surface area contributed by atoms with E-state index in [0.29, 0.717) is 24.5 Å². The van der Waals surface area contributed by atoms with E-state index in [1.807, 2.05) is 0 Å². The maximum Gasteiger partial charge on any atom is 0.251 e. The Bertz CT molecular complexity index is 757. The molecule has 0 radical (unpaired) electrons. The molecule has 6 heteroatoms. The van der Waals surface area contributed by atoms with Crippen molar-refractivity contribution in [3.8, 4) is 6.07 Å². The Labute approximate surface area is 219 Å². The zero-order chi connectivity index (χ0) is 25.0. The number of fused-ring (bicyclic) bond motifs is 2. The number of hydrogen-bond acceptors (Lipinski definition) is 5. The van der Waals surface area contributed by atoms with Crippen LogP contribution in [0.25, 0.3) is 0 Å². The van der Waals surface area contributed by atoms with Crippen LogP contribution >= 0.6 is 0 Å². The lowest BCUT2D eigenvalue weighted by Gasteiger charge is -2.48. The standard InChI is InChI=1S/C30H50N4O2/c1-34-15-12-30(13-16-34)11-10-24-8-9-25(19-27(24)30)23-6-4-22(5-7-23)18-26(20-31)33-29(35)28-21-32-14-2-3-17-36-28/h22-28,32H,2-19,21H2,1H3,(H,33,35). The van der Waals surface area contributed by atoms with Crippen LogP contribution in [0, 0.1) is 46.3 Å². The van der Waals surface area contributed by atoms with Gasteiger partial charge in [0.25, 0.3) is 5.91 Å². The Morgan fingerprint density at radius 2 is 1.81 bits per heavy atom. The van der Waals surface area contributed by atoms with E-state index in [9.17, 15) is 10.1 Å². The van der Waals surface area contributed by atoms with Crippen LogP contribution < -0.4 is 10.6 Å². The van der Waals surface area contributed by atoms with E-state index in [-0.39, 0.29) is 5.91 Å². The minimum absolute atomic E-state index is 0.124. The molecule has 2 aliphatic heterocycles. The zero-order valence-corrected chi connectivity index (χ0v) is 22.7. The predicted molar refractivity (Wildman–Crippen MR) is 142 cm³/mol. The number of hydrogen-bond donors (Lipinski definition) is 2. The van der Waals surface area contributed by atoms with E-state index in [2.05, 4.69) is 28.7 Å². The van der Waals surface area contributed by atoms with Gasteiger partial charge in [-0.05, 0) is 139 Å². The minimum atomic E-state index is -0.476. The van der Waals surface area contributed by atoms with Crippen LogP contribution in [-0.4, -0.2) is 62.8 Å². The first-order valence-electron chi connectivity index (χ1n) is 15.3. The van der Waals surface area contributed by atoms with Gasteiger partial charge in [0, 0.05) is 13.2 Å². The summed E-state index contributed by atoms with van der Waals surface area (Å²) in [4.78, 5) is 15.3. The van der Waals surface area contributed by atoms with Crippen molar-refractivity contribution >= 4 is 5.91 Å². The molecule has 1 amide bonds. The zero-order valence-electron chi connectivity index (χ0n) is 22.7. The number of nitrogens with zero attached hydrogens (tertiary/aromatic N) is 2. The van der Waals surface area contributed by atoms with Crippen molar-refractivity contribution in [3.63, 3.8) is 0 Å². The van der Waals surface area contributed by atoms with Gasteiger partial charge in [0.2, 0.25) is 0 Å². The summed E-state index contributed by atoms with van der Waals surface area (Å²) >= 11 is 0. The average Bonchev–Trinajstić information content (AvgIpc) is 3.23. The Hall–Kier alpha value is -1.16. The molecule has 0 aromatic carbocycles. The van der Waals surface area contributed by atoms with Crippen molar-refractivity contribution in [2.24, 2.45) is 35.0 Å². The number of ether oxygens (including phenoxy) is 1. The summed E-state index contributed by atoms with van der Waals surface area (Å²) < 4.78 is 5.75. The van der Waals surface area contributed by atoms with Gasteiger partial charge in [-0.2, -0.15) is 5.26 Å². The minimum Gasteiger partial charge on any atom is -0.367 e. The molecule has 5 rings (SSSR count). The van der Waals surface area contributed by atoms with E-state index in [1.54, 1.807) is 0 Å². The monoisotopic (exact) mass is 498 g/mol. The molecule has 0 aromatic rings. The van der Waals surface area contributed by atoms with Crippen LogP contribution in [0.2, 0.25) is 0 Å². The number of amides is 1. The molecule has 2 N–H and O–H groups in total. The van der Waals surface area contributed by atoms with E-state index in [4.69, 9.17) is 4.74 Å². The molecule has 2 saturated heterocycles. The molecule has 3 aliphatic carbocycles. The van der Waals surface area contributed by atoms with Gasteiger partial charge in [-0.3, -0.25) is 4.79 Å². The molecule has 5 atom stereocenters. The summed E-state index contributed by atoms with van der Waals surface area (Å²) in [5.41, 5.74) is 0.668. The van der Waals surface area contributed by atoms with Crippen LogP contribution in [0.5, 0.6) is 0 Å². The van der Waals surface area contributed by atoms with Crippen molar-refractivity contribution in [2.75, 3.05) is 39.8 Å². The summed E-state index contributed by atoms with van der Waals surface area (Å²) in [5.74, 6) is 4.25. The third-order valence-corrected chi connectivity index (χ3v) is 11.1. The SMILES string of the molecule is CN1CCC2(CCC3CCC(C4CCC(CC(C#N)NC(=O)C5CNCCCCO5)CC4)CC32)CC1. The highest BCUT2D eigenvalue weighted by molar-refractivity contribution is 5.81. The lowest BCUT2D eigenvalue weighted by atomic mass is 9.59. The van der Waals surface area contributed by atoms with Crippen molar-refractivity contribution in [3.05, 3.63) is 0 Å². The first-order chi connectivity index (χ1) is 17.6. The Balaban J connectivity index is 1.08. The van der Waals surface area contributed by atoms with Crippen molar-refractivity contribution < 1.29 is 9.53 Å². The second-order valence-electron chi connectivity index (χ2n) is 13.1. The molecule has 0 bridgehead atoms. The highest BCUT2D eigenvalue weighted by Crippen LogP contribution is 2.60. The summed E-state index contributed by atoms with van der Waals surface area (Å²) in [6.07, 6.45) is 17.8. The lowest BCUT2D eigenvalue weighted by Crippen LogP contribution is -2.47. The van der Waals surface area contributed by atoms with Gasteiger partial charge >= 0.3 is 0 Å². The van der Waals surface area contributed by atoms with Gasteiger partial charge in [0.15, 0.2) is 0 Å². The van der Waals surface area contributed by atoms with Gasteiger partial charge in [-0.25, -0.2) is 0 Å². The molecule has 6 nitrogen and oxygen atoms in total. The van der Waals surface area contributed by atoms with Gasteiger partial charge in [-0.1, -0.05) is 12.8 Å². The van der Waals surface area contributed by atoms with Gasteiger partial charge in [-0.15, -0.1) is 0 Å². The summed E-state index contributed by atoms with van der Waals surface area (Å²) in [5, 5.41) is 16.1. The number of rotatable bonds is 5. The molecule has 2 heterocycles. The van der Waals surface area contributed by atoms with Crippen molar-refractivity contribution in [2.45, 2.75) is 102 Å². The summed E-state index contributed by atoms with van der Waals surface area (Å²) in [7, 11) is 2.30. The summed E-state index contributed by atoms with van der Waals surface area (Å²) in [6.45, 7) is 4.70. The quantitative estimate of drug-likeness (QED) is 0.584. The van der Waals surface area contributed by atoms with E-state index < -0.39 is 12.1 Å². The fourth-order valence-corrected chi connectivity index (χ4v) is 8.81. The van der Waals surface area contributed by atoms with Gasteiger partial charge in [0.1, 0.15) is 12.1 Å². The van der Waals surface area contributed by atoms with Crippen LogP contribution in [0.3, 0.4) is 0 Å². The molecule has 5 fully saturated rings. The molecule has 36 heavy (non-hydrogen) atoms. The van der Waals surface area contributed by atoms with Crippen LogP contribution in [0.15, 0.2) is 0 Å². The Morgan fingerprint density at radius 3 is 2.58 bits per heavy atom. The Morgan fingerprint density at radius 1 is 1.06 bits per heavy atom. The molecule has 5 aliphatic rings. The first kappa shape index (κ1) is 26.4. The maximum atomic E-state index is 12.7. The fraction of sp³-hybridized carbons (Fsp3) is 0.933. The highest BCUT2D eigenvalue weighted by Gasteiger charge is 2.51. The summed E-state index contributed by atoms with van der Waals surface area (Å²) in [6, 6.07) is 1.97. The molecule has 0 aromatic heterocycles. The second-order valence-corrected chi connectivity index (χ2v) is 13.1. The number of likely N-dealkylation sites (tertiary alicyclic amines) is 1. The third kappa shape index (κ3) is 6.11. The number of carbonyl (C=O) groups excluding carboxylic acids is 1. The number of carbonyl (C=O) groups is 1. The third-order valence-electron chi connectivity index (χ3n) is 11.1. The van der Waals surface area contributed by atoms with E-state index in [1.165, 1.54) is 83.7 Å². The molecule has 202 valence electrons. The fourth-order valence-electron chi connectivity index (χ4n) is 8.81. The second kappa shape index (κ2) is 12.1. The topological polar surface area (TPSA) is 77.4 Å². The molecule has 3 saturated carbocycles. The number of piperidine rings is 1. The molecule has 1 spiro atoms. The van der Waals surface area contributed by atoms with Crippen molar-refractivity contribution in [1.29, 1.82) is 5.26 Å². The number of nitrogens with one attached hydrogen (secondary N) is 2. The normalized spacial score (nSPS) is 38.3. The van der Waals surface area contributed by atoms with Crippen molar-refractivity contribution in [1.82, 2.24) is 15.5 Å². The average molecular weight is 499 g/mol. The Kier molecular flexibility index (Phi) is 8.91. The first-order valence-corrected chi connectivity index (χ1v) is 15.3. The highest BCUT2D eigenvalue weighted by atomic mass is 16.5. The van der Waals surface area contributed by atoms with E-state index >= 15 is 0 Å². The molecule has 5 unspecified atom stereocenters. The maximum absolute atomic E-state index is 12.7.